The smallest absolute Gasteiger partial charge is 0.222 e. The number of aromatic hydroxyl groups is 1. The van der Waals surface area contributed by atoms with Crippen LogP contribution in [0.15, 0.2) is 5.38 Å². The van der Waals surface area contributed by atoms with Crippen molar-refractivity contribution in [2.75, 3.05) is 33.7 Å². The first-order chi connectivity index (χ1) is 6.66. The molecule has 1 unspecified atom stereocenters. The summed E-state index contributed by atoms with van der Waals surface area (Å²) < 4.78 is 0. The average Bonchev–Trinajstić information content (AvgIpc) is 2.56. The molecule has 1 aromatic heterocycles. The Balaban J connectivity index is 2.15. The van der Waals surface area contributed by atoms with Crippen LogP contribution in [0, 0.1) is 0 Å². The minimum atomic E-state index is 0.145. The molecule has 1 aromatic rings. The summed E-state index contributed by atoms with van der Waals surface area (Å²) in [5.74, 6) is 0.145. The van der Waals surface area contributed by atoms with Crippen molar-refractivity contribution in [3.8, 4) is 5.88 Å². The van der Waals surface area contributed by atoms with Crippen molar-refractivity contribution in [3.05, 3.63) is 10.4 Å². The summed E-state index contributed by atoms with van der Waals surface area (Å²) in [6.07, 6.45) is 0. The number of thiazole rings is 1. The largest absolute Gasteiger partial charge is 0.493 e. The van der Waals surface area contributed by atoms with Gasteiger partial charge < -0.3 is 10.0 Å². The van der Waals surface area contributed by atoms with Crippen molar-refractivity contribution >= 4 is 11.3 Å². The minimum absolute atomic E-state index is 0.145. The second kappa shape index (κ2) is 3.84. The molecule has 0 amide bonds. The standard InChI is InChI=1S/C9H15N3OS/c1-11-3-4-12(2)7(5-11)9-10-8(13)6-14-9/h6-7,13H,3-5H2,1-2H3. The van der Waals surface area contributed by atoms with E-state index < -0.39 is 0 Å². The zero-order valence-electron chi connectivity index (χ0n) is 8.47. The van der Waals surface area contributed by atoms with Crippen LogP contribution in [0.3, 0.4) is 0 Å². The van der Waals surface area contributed by atoms with Gasteiger partial charge in [-0.3, -0.25) is 4.90 Å². The number of rotatable bonds is 1. The van der Waals surface area contributed by atoms with Crippen LogP contribution < -0.4 is 0 Å². The number of hydrogen-bond acceptors (Lipinski definition) is 5. The molecule has 14 heavy (non-hydrogen) atoms. The normalized spacial score (nSPS) is 25.4. The molecule has 0 aromatic carbocycles. The van der Waals surface area contributed by atoms with E-state index in [0.29, 0.717) is 6.04 Å². The van der Waals surface area contributed by atoms with Gasteiger partial charge in [0.25, 0.3) is 0 Å². The van der Waals surface area contributed by atoms with E-state index in [1.807, 2.05) is 0 Å². The van der Waals surface area contributed by atoms with Crippen LogP contribution in [0.1, 0.15) is 11.0 Å². The van der Waals surface area contributed by atoms with E-state index in [1.54, 1.807) is 5.38 Å². The Labute approximate surface area is 87.8 Å². The van der Waals surface area contributed by atoms with Gasteiger partial charge in [0.05, 0.1) is 11.4 Å². The first-order valence-corrected chi connectivity index (χ1v) is 5.58. The second-order valence-electron chi connectivity index (χ2n) is 3.80. The van der Waals surface area contributed by atoms with Crippen LogP contribution >= 0.6 is 11.3 Å². The van der Waals surface area contributed by atoms with Gasteiger partial charge in [0.15, 0.2) is 0 Å². The van der Waals surface area contributed by atoms with E-state index in [2.05, 4.69) is 28.9 Å². The predicted octanol–water partition coefficient (Wildman–Crippen LogP) is 0.767. The summed E-state index contributed by atoms with van der Waals surface area (Å²) in [6.45, 7) is 3.15. The van der Waals surface area contributed by atoms with E-state index in [0.717, 1.165) is 24.6 Å². The van der Waals surface area contributed by atoms with E-state index in [4.69, 9.17) is 0 Å². The molecule has 2 heterocycles. The zero-order chi connectivity index (χ0) is 10.1. The van der Waals surface area contributed by atoms with Crippen LogP contribution in [-0.2, 0) is 0 Å². The lowest BCUT2D eigenvalue weighted by molar-refractivity contribution is 0.114. The van der Waals surface area contributed by atoms with Crippen molar-refractivity contribution in [1.82, 2.24) is 14.8 Å². The highest BCUT2D eigenvalue weighted by atomic mass is 32.1. The van der Waals surface area contributed by atoms with Crippen molar-refractivity contribution < 1.29 is 5.11 Å². The maximum absolute atomic E-state index is 9.20. The molecule has 1 aliphatic heterocycles. The molecule has 2 rings (SSSR count). The molecular formula is C9H15N3OS. The molecule has 0 spiro atoms. The van der Waals surface area contributed by atoms with Gasteiger partial charge in [-0.1, -0.05) is 0 Å². The highest BCUT2D eigenvalue weighted by molar-refractivity contribution is 7.09. The summed E-state index contributed by atoms with van der Waals surface area (Å²) in [5.41, 5.74) is 0. The quantitative estimate of drug-likeness (QED) is 0.748. The molecule has 0 bridgehead atoms. The van der Waals surface area contributed by atoms with Gasteiger partial charge in [-0.15, -0.1) is 11.3 Å². The highest BCUT2D eigenvalue weighted by Crippen LogP contribution is 2.27. The van der Waals surface area contributed by atoms with Crippen LogP contribution in [0.4, 0.5) is 0 Å². The predicted molar refractivity (Wildman–Crippen MR) is 56.6 cm³/mol. The third kappa shape index (κ3) is 1.89. The topological polar surface area (TPSA) is 39.6 Å². The maximum Gasteiger partial charge on any atom is 0.222 e. The Kier molecular flexibility index (Phi) is 2.71. The SMILES string of the molecule is CN1CCN(C)C(c2nc(O)cs2)C1. The first kappa shape index (κ1) is 9.89. The molecule has 1 saturated heterocycles. The maximum atomic E-state index is 9.20. The molecule has 78 valence electrons. The molecule has 1 atom stereocenters. The van der Waals surface area contributed by atoms with Gasteiger partial charge in [0.1, 0.15) is 5.01 Å². The fourth-order valence-electron chi connectivity index (χ4n) is 1.71. The van der Waals surface area contributed by atoms with Crippen LogP contribution in [0.25, 0.3) is 0 Å². The van der Waals surface area contributed by atoms with Crippen molar-refractivity contribution in [1.29, 1.82) is 0 Å². The fourth-order valence-corrected chi connectivity index (χ4v) is 2.55. The first-order valence-electron chi connectivity index (χ1n) is 4.70. The fraction of sp³-hybridized carbons (Fsp3) is 0.667. The van der Waals surface area contributed by atoms with Crippen LogP contribution in [-0.4, -0.2) is 53.6 Å². The van der Waals surface area contributed by atoms with Gasteiger partial charge >= 0.3 is 0 Å². The number of likely N-dealkylation sites (N-methyl/N-ethyl adjacent to an activating group) is 2. The average molecular weight is 213 g/mol. The molecule has 1 aliphatic rings. The van der Waals surface area contributed by atoms with Crippen molar-refractivity contribution in [2.45, 2.75) is 6.04 Å². The van der Waals surface area contributed by atoms with Gasteiger partial charge in [0.2, 0.25) is 5.88 Å². The molecule has 1 N–H and O–H groups in total. The van der Waals surface area contributed by atoms with E-state index in [-0.39, 0.29) is 5.88 Å². The third-order valence-electron chi connectivity index (χ3n) is 2.65. The minimum Gasteiger partial charge on any atom is -0.493 e. The molecule has 0 aliphatic carbocycles. The Morgan fingerprint density at radius 3 is 2.93 bits per heavy atom. The van der Waals surface area contributed by atoms with Crippen LogP contribution in [0.5, 0.6) is 5.88 Å². The number of nitrogens with zero attached hydrogens (tertiary/aromatic N) is 3. The lowest BCUT2D eigenvalue weighted by Crippen LogP contribution is -2.44. The number of hydrogen-bond donors (Lipinski definition) is 1. The second-order valence-corrected chi connectivity index (χ2v) is 4.69. The summed E-state index contributed by atoms with van der Waals surface area (Å²) in [7, 11) is 4.23. The summed E-state index contributed by atoms with van der Waals surface area (Å²) in [6, 6.07) is 0.333. The molecule has 0 saturated carbocycles. The monoisotopic (exact) mass is 213 g/mol. The Bertz CT molecular complexity index is 315. The lowest BCUT2D eigenvalue weighted by Gasteiger charge is -2.36. The van der Waals surface area contributed by atoms with E-state index in [9.17, 15) is 5.11 Å². The zero-order valence-corrected chi connectivity index (χ0v) is 9.29. The summed E-state index contributed by atoms with van der Waals surface area (Å²) >= 11 is 1.53. The molecule has 4 nitrogen and oxygen atoms in total. The van der Waals surface area contributed by atoms with Crippen molar-refractivity contribution in [3.63, 3.8) is 0 Å². The third-order valence-corrected chi connectivity index (χ3v) is 3.58. The summed E-state index contributed by atoms with van der Waals surface area (Å²) in [4.78, 5) is 8.71. The molecular weight excluding hydrogens is 198 g/mol. The Morgan fingerprint density at radius 1 is 1.50 bits per heavy atom. The van der Waals surface area contributed by atoms with E-state index in [1.165, 1.54) is 11.3 Å². The molecule has 5 heteroatoms. The van der Waals surface area contributed by atoms with Gasteiger partial charge in [-0.2, -0.15) is 0 Å². The van der Waals surface area contributed by atoms with Crippen LogP contribution in [0.2, 0.25) is 0 Å². The molecule has 0 radical (unpaired) electrons. The van der Waals surface area contributed by atoms with Gasteiger partial charge in [-0.05, 0) is 14.1 Å². The van der Waals surface area contributed by atoms with Crippen molar-refractivity contribution in [2.24, 2.45) is 0 Å². The van der Waals surface area contributed by atoms with Gasteiger partial charge in [0, 0.05) is 19.6 Å². The number of aromatic nitrogens is 1. The summed E-state index contributed by atoms with van der Waals surface area (Å²) in [5, 5.41) is 11.9. The number of piperazine rings is 1. The highest BCUT2D eigenvalue weighted by Gasteiger charge is 2.25. The van der Waals surface area contributed by atoms with Gasteiger partial charge in [-0.25, -0.2) is 4.98 Å². The Morgan fingerprint density at radius 2 is 2.29 bits per heavy atom. The Hall–Kier alpha value is -0.650. The molecule has 1 fully saturated rings. The lowest BCUT2D eigenvalue weighted by atomic mass is 10.2. The van der Waals surface area contributed by atoms with E-state index >= 15 is 0 Å².